The largest absolute Gasteiger partial charge is 0.369 e. The number of hydrogen-bond donors (Lipinski definition) is 1. The molecule has 0 unspecified atom stereocenters. The maximum atomic E-state index is 5.00. The molecule has 0 saturated heterocycles. The molecule has 0 aliphatic heterocycles. The fourth-order valence-corrected chi connectivity index (χ4v) is 2.98. The lowest BCUT2D eigenvalue weighted by Gasteiger charge is -2.20. The number of nitrogens with one attached hydrogen (secondary N) is 1. The quantitative estimate of drug-likeness (QED) is 0.755. The van der Waals surface area contributed by atoms with Crippen LogP contribution in [0.1, 0.15) is 32.2 Å². The van der Waals surface area contributed by atoms with E-state index in [1.807, 2.05) is 10.6 Å². The van der Waals surface area contributed by atoms with Crippen LogP contribution in [0, 0.1) is 6.92 Å². The maximum absolute atomic E-state index is 5.00. The number of likely N-dealkylation sites (N-methyl/N-ethyl adjacent to an activating group) is 1. The van der Waals surface area contributed by atoms with Gasteiger partial charge in [-0.25, -0.2) is 4.98 Å². The molecule has 1 N–H and O–H groups in total. The lowest BCUT2D eigenvalue weighted by atomic mass is 9.92. The van der Waals surface area contributed by atoms with Crippen molar-refractivity contribution in [3.63, 3.8) is 0 Å². The van der Waals surface area contributed by atoms with Crippen molar-refractivity contribution in [1.82, 2.24) is 19.5 Å². The van der Waals surface area contributed by atoms with Gasteiger partial charge in [0, 0.05) is 30.1 Å². The third kappa shape index (κ3) is 3.73. The van der Waals surface area contributed by atoms with E-state index in [1.54, 1.807) is 0 Å². The van der Waals surface area contributed by atoms with Crippen molar-refractivity contribution in [3.05, 3.63) is 47.8 Å². The second kappa shape index (κ2) is 7.08. The number of anilines is 1. The number of rotatable bonds is 5. The van der Waals surface area contributed by atoms with Crippen molar-refractivity contribution in [3.8, 4) is 11.1 Å². The summed E-state index contributed by atoms with van der Waals surface area (Å²) in [5.41, 5.74) is 5.18. The first-order chi connectivity index (χ1) is 12.3. The van der Waals surface area contributed by atoms with Gasteiger partial charge in [-0.1, -0.05) is 51.1 Å². The molecule has 0 spiro atoms. The maximum Gasteiger partial charge on any atom is 0.165 e. The molecule has 5 nitrogen and oxygen atoms in total. The summed E-state index contributed by atoms with van der Waals surface area (Å²) in [7, 11) is 4.16. The summed E-state index contributed by atoms with van der Waals surface area (Å²) in [6, 6.07) is 12.5. The predicted molar refractivity (Wildman–Crippen MR) is 109 cm³/mol. The summed E-state index contributed by atoms with van der Waals surface area (Å²) in [4.78, 5) is 7.16. The number of benzene rings is 1. The summed E-state index contributed by atoms with van der Waals surface area (Å²) in [5.74, 6) is 0.993. The number of aryl methyl sites for hydroxylation is 1. The summed E-state index contributed by atoms with van der Waals surface area (Å²) in [6.07, 6.45) is 0. The Morgan fingerprint density at radius 2 is 1.81 bits per heavy atom. The van der Waals surface area contributed by atoms with Crippen LogP contribution in [0.2, 0.25) is 0 Å². The number of nitrogens with zero attached hydrogens (tertiary/aromatic N) is 4. The van der Waals surface area contributed by atoms with Gasteiger partial charge in [0.25, 0.3) is 0 Å². The molecule has 2 aromatic heterocycles. The Balaban J connectivity index is 2.17. The minimum absolute atomic E-state index is 0.0359. The average Bonchev–Trinajstić information content (AvgIpc) is 2.90. The van der Waals surface area contributed by atoms with Gasteiger partial charge in [-0.2, -0.15) is 9.61 Å². The first kappa shape index (κ1) is 18.4. The molecule has 3 aromatic rings. The molecule has 0 bridgehead atoms. The Morgan fingerprint density at radius 3 is 2.42 bits per heavy atom. The Bertz CT molecular complexity index is 888. The number of hydrogen-bond acceptors (Lipinski definition) is 4. The first-order valence-corrected chi connectivity index (χ1v) is 9.12. The Morgan fingerprint density at radius 1 is 1.12 bits per heavy atom. The van der Waals surface area contributed by atoms with Crippen LogP contribution in [-0.4, -0.2) is 46.7 Å². The van der Waals surface area contributed by atoms with Crippen molar-refractivity contribution in [2.24, 2.45) is 0 Å². The molecule has 26 heavy (non-hydrogen) atoms. The van der Waals surface area contributed by atoms with Crippen molar-refractivity contribution in [2.45, 2.75) is 33.1 Å². The summed E-state index contributed by atoms with van der Waals surface area (Å²) >= 11 is 0. The third-order valence-corrected chi connectivity index (χ3v) is 4.46. The van der Waals surface area contributed by atoms with E-state index >= 15 is 0 Å². The third-order valence-electron chi connectivity index (χ3n) is 4.46. The zero-order valence-corrected chi connectivity index (χ0v) is 16.7. The van der Waals surface area contributed by atoms with Crippen molar-refractivity contribution in [2.75, 3.05) is 32.5 Å². The van der Waals surface area contributed by atoms with Crippen LogP contribution in [0.3, 0.4) is 0 Å². The van der Waals surface area contributed by atoms with Gasteiger partial charge in [0.2, 0.25) is 0 Å². The minimum atomic E-state index is -0.0359. The molecule has 0 radical (unpaired) electrons. The highest BCUT2D eigenvalue weighted by Crippen LogP contribution is 2.31. The molecule has 138 valence electrons. The lowest BCUT2D eigenvalue weighted by molar-refractivity contribution is 0.425. The molecule has 0 atom stereocenters. The van der Waals surface area contributed by atoms with Crippen LogP contribution in [0.4, 0.5) is 5.82 Å². The monoisotopic (exact) mass is 351 g/mol. The second-order valence-corrected chi connectivity index (χ2v) is 8.07. The molecular formula is C21H29N5. The van der Waals surface area contributed by atoms with Crippen molar-refractivity contribution < 1.29 is 0 Å². The van der Waals surface area contributed by atoms with E-state index in [9.17, 15) is 0 Å². The number of fused-ring (bicyclic) bond motifs is 1. The van der Waals surface area contributed by atoms with Gasteiger partial charge in [0.15, 0.2) is 5.65 Å². The van der Waals surface area contributed by atoms with E-state index in [0.717, 1.165) is 47.1 Å². The van der Waals surface area contributed by atoms with Crippen molar-refractivity contribution in [1.29, 1.82) is 0 Å². The zero-order chi connectivity index (χ0) is 18.9. The van der Waals surface area contributed by atoms with E-state index in [1.165, 1.54) is 0 Å². The van der Waals surface area contributed by atoms with E-state index in [-0.39, 0.29) is 5.41 Å². The van der Waals surface area contributed by atoms with E-state index in [4.69, 9.17) is 10.1 Å². The second-order valence-electron chi connectivity index (χ2n) is 8.07. The molecule has 5 heteroatoms. The standard InChI is InChI=1S/C21H29N5/c1-15-19(16-10-8-7-9-11-16)20-23-17(21(2,3)4)14-18(26(20)24-15)22-12-13-25(5)6/h7-11,14,22H,12-13H2,1-6H3. The van der Waals surface area contributed by atoms with Gasteiger partial charge in [-0.3, -0.25) is 0 Å². The van der Waals surface area contributed by atoms with E-state index in [2.05, 4.69) is 82.3 Å². The molecule has 0 saturated carbocycles. The van der Waals surface area contributed by atoms with Gasteiger partial charge in [-0.05, 0) is 26.6 Å². The molecule has 2 heterocycles. The van der Waals surface area contributed by atoms with Crippen molar-refractivity contribution >= 4 is 11.5 Å². The van der Waals surface area contributed by atoms with Crippen LogP contribution in [-0.2, 0) is 5.41 Å². The summed E-state index contributed by atoms with van der Waals surface area (Å²) in [6.45, 7) is 10.5. The summed E-state index contributed by atoms with van der Waals surface area (Å²) < 4.78 is 1.95. The normalized spacial score (nSPS) is 12.1. The van der Waals surface area contributed by atoms with Gasteiger partial charge in [-0.15, -0.1) is 0 Å². The average molecular weight is 351 g/mol. The molecule has 0 aliphatic carbocycles. The predicted octanol–water partition coefficient (Wildman–Crippen LogP) is 3.98. The highest BCUT2D eigenvalue weighted by Gasteiger charge is 2.22. The fourth-order valence-electron chi connectivity index (χ4n) is 2.98. The smallest absolute Gasteiger partial charge is 0.165 e. The summed E-state index contributed by atoms with van der Waals surface area (Å²) in [5, 5.41) is 8.33. The number of aromatic nitrogens is 3. The Labute approximate surface area is 156 Å². The molecule has 1 aromatic carbocycles. The van der Waals surface area contributed by atoms with Crippen LogP contribution < -0.4 is 5.32 Å². The highest BCUT2D eigenvalue weighted by atomic mass is 15.3. The molecule has 3 rings (SSSR count). The van der Waals surface area contributed by atoms with Gasteiger partial charge in [0.1, 0.15) is 5.82 Å². The van der Waals surface area contributed by atoms with Crippen LogP contribution >= 0.6 is 0 Å². The molecule has 0 fully saturated rings. The van der Waals surface area contributed by atoms with E-state index in [0.29, 0.717) is 0 Å². The topological polar surface area (TPSA) is 45.5 Å². The Hall–Kier alpha value is -2.40. The SMILES string of the molecule is Cc1nn2c(NCCN(C)C)cc(C(C)(C)C)nc2c1-c1ccccc1. The minimum Gasteiger partial charge on any atom is -0.369 e. The molecule has 0 aliphatic rings. The van der Waals surface area contributed by atoms with Crippen LogP contribution in [0.5, 0.6) is 0 Å². The lowest BCUT2D eigenvalue weighted by Crippen LogP contribution is -2.22. The Kier molecular flexibility index (Phi) is 5.01. The van der Waals surface area contributed by atoms with Crippen LogP contribution in [0.25, 0.3) is 16.8 Å². The van der Waals surface area contributed by atoms with Gasteiger partial charge < -0.3 is 10.2 Å². The molecule has 0 amide bonds. The zero-order valence-electron chi connectivity index (χ0n) is 16.7. The first-order valence-electron chi connectivity index (χ1n) is 9.12. The highest BCUT2D eigenvalue weighted by molar-refractivity contribution is 5.81. The van der Waals surface area contributed by atoms with Crippen LogP contribution in [0.15, 0.2) is 36.4 Å². The van der Waals surface area contributed by atoms with Gasteiger partial charge in [0.05, 0.1) is 11.4 Å². The molecular weight excluding hydrogens is 322 g/mol. The van der Waals surface area contributed by atoms with Gasteiger partial charge >= 0.3 is 0 Å². The van der Waals surface area contributed by atoms with E-state index < -0.39 is 0 Å². The fraction of sp³-hybridized carbons (Fsp3) is 0.429.